The van der Waals surface area contributed by atoms with Crippen molar-refractivity contribution in [3.8, 4) is 11.1 Å². The van der Waals surface area contributed by atoms with Gasteiger partial charge in [-0.15, -0.1) is 0 Å². The predicted molar refractivity (Wildman–Crippen MR) is 159 cm³/mol. The highest BCUT2D eigenvalue weighted by Crippen LogP contribution is 2.37. The number of ether oxygens (including phenoxy) is 1. The Bertz CT molecular complexity index is 1370. The van der Waals surface area contributed by atoms with Crippen molar-refractivity contribution in [1.29, 1.82) is 0 Å². The van der Waals surface area contributed by atoms with Crippen LogP contribution < -0.4 is 26.7 Å². The Balaban J connectivity index is 1.94. The summed E-state index contributed by atoms with van der Waals surface area (Å²) in [4.78, 5) is 63.5. The molecular formula is C31H38F3N5O7. The molecule has 5 amide bonds. The van der Waals surface area contributed by atoms with Crippen LogP contribution in [0, 0.1) is 11.8 Å². The summed E-state index contributed by atoms with van der Waals surface area (Å²) in [5.41, 5.74) is 1.53. The SMILES string of the molecule is CNC(=O)CNC(=O)[C@@H]1CCCCNC(=O)OCCC[C@H](C(=O)NO)[C@@H](Cc2ccc(-c3ccccc3C(F)(F)F)cc2)C(=O)N1. The third kappa shape index (κ3) is 10.5. The molecule has 0 unspecified atom stereocenters. The van der Waals surface area contributed by atoms with Crippen molar-refractivity contribution >= 4 is 29.7 Å². The molecule has 0 spiro atoms. The Morgan fingerprint density at radius 1 is 0.978 bits per heavy atom. The molecule has 1 aliphatic heterocycles. The molecule has 2 aromatic rings. The van der Waals surface area contributed by atoms with Crippen LogP contribution in [-0.2, 0) is 36.5 Å². The monoisotopic (exact) mass is 649 g/mol. The van der Waals surface area contributed by atoms with Crippen LogP contribution in [0.25, 0.3) is 11.1 Å². The Morgan fingerprint density at radius 3 is 2.37 bits per heavy atom. The first-order valence-electron chi connectivity index (χ1n) is 14.8. The number of carbonyl (C=O) groups is 5. The summed E-state index contributed by atoms with van der Waals surface area (Å²) in [6.45, 7) is -0.161. The molecule has 0 aliphatic carbocycles. The second kappa shape index (κ2) is 17.1. The lowest BCUT2D eigenvalue weighted by Gasteiger charge is -2.27. The number of halogens is 3. The van der Waals surface area contributed by atoms with Gasteiger partial charge in [0.1, 0.15) is 6.04 Å². The molecule has 250 valence electrons. The second-order valence-corrected chi connectivity index (χ2v) is 10.8. The summed E-state index contributed by atoms with van der Waals surface area (Å²) in [7, 11) is 1.40. The van der Waals surface area contributed by atoms with E-state index in [0.717, 1.165) is 6.07 Å². The maximum absolute atomic E-state index is 13.8. The average Bonchev–Trinajstić information content (AvgIpc) is 3.05. The third-order valence-corrected chi connectivity index (χ3v) is 7.64. The molecule has 12 nitrogen and oxygen atoms in total. The molecule has 0 saturated carbocycles. The lowest BCUT2D eigenvalue weighted by molar-refractivity contribution is -0.141. The van der Waals surface area contributed by atoms with Crippen LogP contribution in [-0.4, -0.2) is 67.7 Å². The molecule has 1 fully saturated rings. The summed E-state index contributed by atoms with van der Waals surface area (Å²) in [6.07, 6.45) is -4.19. The van der Waals surface area contributed by atoms with Crippen LogP contribution >= 0.6 is 0 Å². The fourth-order valence-electron chi connectivity index (χ4n) is 5.18. The molecule has 3 rings (SSSR count). The summed E-state index contributed by atoms with van der Waals surface area (Å²) in [5, 5.41) is 19.6. The zero-order valence-corrected chi connectivity index (χ0v) is 25.2. The number of alkyl carbamates (subject to hydrolysis) is 1. The molecule has 15 heteroatoms. The average molecular weight is 650 g/mol. The van der Waals surface area contributed by atoms with E-state index in [1.165, 1.54) is 37.4 Å². The van der Waals surface area contributed by atoms with Crippen molar-refractivity contribution in [3.05, 3.63) is 59.7 Å². The number of cyclic esters (lactones) is 1. The molecule has 3 atom stereocenters. The number of rotatable bonds is 7. The van der Waals surface area contributed by atoms with E-state index in [2.05, 4.69) is 21.3 Å². The van der Waals surface area contributed by atoms with E-state index in [0.29, 0.717) is 18.4 Å². The fraction of sp³-hybridized carbons (Fsp3) is 0.452. The van der Waals surface area contributed by atoms with Crippen LogP contribution in [0.2, 0.25) is 0 Å². The number of hydroxylamine groups is 1. The van der Waals surface area contributed by atoms with Gasteiger partial charge in [-0.05, 0) is 61.3 Å². The van der Waals surface area contributed by atoms with Gasteiger partial charge in [-0.3, -0.25) is 24.4 Å². The van der Waals surface area contributed by atoms with Crippen LogP contribution in [0.1, 0.15) is 43.2 Å². The van der Waals surface area contributed by atoms with Crippen molar-refractivity contribution in [3.63, 3.8) is 0 Å². The van der Waals surface area contributed by atoms with Gasteiger partial charge in [0.2, 0.25) is 23.6 Å². The summed E-state index contributed by atoms with van der Waals surface area (Å²) in [5.74, 6) is -4.98. The minimum atomic E-state index is -4.57. The Hall–Kier alpha value is -4.66. The topological polar surface area (TPSA) is 175 Å². The van der Waals surface area contributed by atoms with E-state index in [4.69, 9.17) is 4.74 Å². The summed E-state index contributed by atoms with van der Waals surface area (Å²) >= 11 is 0. The van der Waals surface area contributed by atoms with Gasteiger partial charge in [-0.2, -0.15) is 13.2 Å². The Labute approximate surface area is 263 Å². The Kier molecular flexibility index (Phi) is 13.4. The first kappa shape index (κ1) is 35.8. The molecule has 1 aliphatic rings. The van der Waals surface area contributed by atoms with Gasteiger partial charge >= 0.3 is 12.3 Å². The molecule has 6 N–H and O–H groups in total. The maximum Gasteiger partial charge on any atom is 0.417 e. The highest BCUT2D eigenvalue weighted by atomic mass is 19.4. The number of amides is 5. The maximum atomic E-state index is 13.8. The number of carbonyl (C=O) groups excluding carboxylic acids is 5. The molecule has 2 aromatic carbocycles. The predicted octanol–water partition coefficient (Wildman–Crippen LogP) is 2.69. The highest BCUT2D eigenvalue weighted by Gasteiger charge is 2.36. The van der Waals surface area contributed by atoms with Gasteiger partial charge < -0.3 is 26.0 Å². The lowest BCUT2D eigenvalue weighted by atomic mass is 9.82. The molecule has 1 saturated heterocycles. The third-order valence-electron chi connectivity index (χ3n) is 7.64. The smallest absolute Gasteiger partial charge is 0.417 e. The lowest BCUT2D eigenvalue weighted by Crippen LogP contribution is -2.52. The summed E-state index contributed by atoms with van der Waals surface area (Å²) < 4.78 is 46.0. The van der Waals surface area contributed by atoms with Gasteiger partial charge in [-0.1, -0.05) is 42.5 Å². The van der Waals surface area contributed by atoms with Crippen molar-refractivity contribution in [1.82, 2.24) is 26.7 Å². The van der Waals surface area contributed by atoms with Gasteiger partial charge in [0.25, 0.3) is 0 Å². The van der Waals surface area contributed by atoms with Gasteiger partial charge in [-0.25, -0.2) is 10.3 Å². The zero-order chi connectivity index (χ0) is 33.7. The molecule has 46 heavy (non-hydrogen) atoms. The van der Waals surface area contributed by atoms with Crippen LogP contribution in [0.15, 0.2) is 48.5 Å². The number of hydrogen-bond donors (Lipinski definition) is 6. The van der Waals surface area contributed by atoms with E-state index >= 15 is 0 Å². The fourth-order valence-corrected chi connectivity index (χ4v) is 5.18. The van der Waals surface area contributed by atoms with Crippen molar-refractivity contribution in [2.45, 2.75) is 50.7 Å². The quantitative estimate of drug-likeness (QED) is 0.198. The number of alkyl halides is 3. The van der Waals surface area contributed by atoms with E-state index in [9.17, 15) is 42.4 Å². The van der Waals surface area contributed by atoms with Crippen molar-refractivity contribution in [2.24, 2.45) is 11.8 Å². The summed E-state index contributed by atoms with van der Waals surface area (Å²) in [6, 6.07) is 10.1. The molecular weight excluding hydrogens is 611 g/mol. The van der Waals surface area contributed by atoms with Crippen LogP contribution in [0.5, 0.6) is 0 Å². The van der Waals surface area contributed by atoms with Crippen molar-refractivity contribution in [2.75, 3.05) is 26.7 Å². The molecule has 0 aromatic heterocycles. The van der Waals surface area contributed by atoms with Crippen LogP contribution in [0.4, 0.5) is 18.0 Å². The van der Waals surface area contributed by atoms with E-state index in [-0.39, 0.29) is 56.5 Å². The first-order chi connectivity index (χ1) is 21.9. The molecule has 0 radical (unpaired) electrons. The molecule has 0 bridgehead atoms. The number of hydrogen-bond acceptors (Lipinski definition) is 7. The van der Waals surface area contributed by atoms with Gasteiger partial charge in [0, 0.05) is 13.6 Å². The van der Waals surface area contributed by atoms with Gasteiger partial charge in [0.15, 0.2) is 0 Å². The zero-order valence-electron chi connectivity index (χ0n) is 25.2. The highest BCUT2D eigenvalue weighted by molar-refractivity contribution is 5.93. The standard InChI is InChI=1S/C31H38F3N5O7/c1-35-26(40)18-37-29(43)25-10-4-5-15-36-30(44)46-16-6-8-22(28(42)39-45)23(27(41)38-25)17-19-11-13-20(14-12-19)21-7-2-3-9-24(21)31(32,33)34/h2-3,7,9,11-14,22-23,25,45H,4-6,8,10,15-18H2,1H3,(H,35,40)(H,36,44)(H,37,43)(H,38,41)(H,39,42)/t22-,23+,25-/m0/s1. The number of likely N-dealkylation sites (N-methyl/N-ethyl adjacent to an activating group) is 1. The van der Waals surface area contributed by atoms with Crippen LogP contribution in [0.3, 0.4) is 0 Å². The normalized spacial score (nSPS) is 20.1. The van der Waals surface area contributed by atoms with Gasteiger partial charge in [0.05, 0.1) is 30.6 Å². The first-order valence-corrected chi connectivity index (χ1v) is 14.8. The molecule has 1 heterocycles. The number of nitrogens with one attached hydrogen (secondary N) is 5. The second-order valence-electron chi connectivity index (χ2n) is 10.8. The number of benzene rings is 2. The van der Waals surface area contributed by atoms with E-state index in [1.54, 1.807) is 17.6 Å². The largest absolute Gasteiger partial charge is 0.450 e. The van der Waals surface area contributed by atoms with Crippen molar-refractivity contribution < 1.29 is 47.1 Å². The van der Waals surface area contributed by atoms with E-state index in [1.807, 2.05) is 0 Å². The Morgan fingerprint density at radius 2 is 1.70 bits per heavy atom. The minimum Gasteiger partial charge on any atom is -0.450 e. The van der Waals surface area contributed by atoms with E-state index < -0.39 is 59.3 Å². The minimum absolute atomic E-state index is 0.00232.